The number of fused-ring (bicyclic) bond motifs is 1. The Morgan fingerprint density at radius 1 is 1.28 bits per heavy atom. The zero-order valence-electron chi connectivity index (χ0n) is 10.8. The molecule has 0 unspecified atom stereocenters. The first-order chi connectivity index (χ1) is 8.61. The van der Waals surface area contributed by atoms with E-state index in [1.165, 1.54) is 0 Å². The van der Waals surface area contributed by atoms with Crippen molar-refractivity contribution in [2.75, 3.05) is 25.5 Å². The summed E-state index contributed by atoms with van der Waals surface area (Å²) in [6, 6.07) is 7.70. The third-order valence-corrected chi connectivity index (χ3v) is 2.74. The van der Waals surface area contributed by atoms with Crippen LogP contribution in [0.25, 0.3) is 11.0 Å². The number of anilines is 1. The molecule has 0 aliphatic rings. The zero-order chi connectivity index (χ0) is 13.1. The van der Waals surface area contributed by atoms with E-state index in [0.717, 1.165) is 22.5 Å². The van der Waals surface area contributed by atoms with Gasteiger partial charge in [0.2, 0.25) is 5.91 Å². The van der Waals surface area contributed by atoms with Gasteiger partial charge in [-0.3, -0.25) is 4.79 Å². The van der Waals surface area contributed by atoms with Crippen molar-refractivity contribution in [2.24, 2.45) is 0 Å². The summed E-state index contributed by atoms with van der Waals surface area (Å²) in [6.45, 7) is 2.17. The second kappa shape index (κ2) is 5.00. The van der Waals surface area contributed by atoms with Gasteiger partial charge in [0, 0.05) is 14.1 Å². The van der Waals surface area contributed by atoms with Crippen LogP contribution in [0.1, 0.15) is 5.69 Å². The Balaban J connectivity index is 2.38. The molecule has 0 aliphatic heterocycles. The molecule has 5 heteroatoms. The third-order valence-electron chi connectivity index (χ3n) is 2.74. The first kappa shape index (κ1) is 12.3. The van der Waals surface area contributed by atoms with Crippen LogP contribution < -0.4 is 10.2 Å². The van der Waals surface area contributed by atoms with Crippen LogP contribution in [0.4, 0.5) is 5.82 Å². The average Bonchev–Trinajstić information content (AvgIpc) is 2.37. The third kappa shape index (κ3) is 2.40. The molecule has 5 nitrogen and oxygen atoms in total. The van der Waals surface area contributed by atoms with Gasteiger partial charge in [-0.15, -0.1) is 0 Å². The van der Waals surface area contributed by atoms with Gasteiger partial charge in [-0.2, -0.15) is 0 Å². The van der Waals surface area contributed by atoms with Gasteiger partial charge < -0.3 is 10.2 Å². The molecule has 0 atom stereocenters. The highest BCUT2D eigenvalue weighted by Crippen LogP contribution is 2.18. The molecule has 0 saturated heterocycles. The molecule has 1 aromatic carbocycles. The number of carbonyl (C=O) groups excluding carboxylic acids is 1. The Bertz CT molecular complexity index is 582. The molecule has 1 amide bonds. The van der Waals surface area contributed by atoms with Crippen LogP contribution in [0.3, 0.4) is 0 Å². The monoisotopic (exact) mass is 244 g/mol. The van der Waals surface area contributed by atoms with Crippen molar-refractivity contribution < 1.29 is 4.79 Å². The number of benzene rings is 1. The maximum absolute atomic E-state index is 11.4. The number of likely N-dealkylation sites (N-methyl/N-ethyl adjacent to an activating group) is 2. The Kier molecular flexibility index (Phi) is 3.41. The number of aryl methyl sites for hydroxylation is 1. The van der Waals surface area contributed by atoms with Crippen molar-refractivity contribution in [1.82, 2.24) is 15.3 Å². The smallest absolute Gasteiger partial charge is 0.239 e. The molecule has 1 aromatic heterocycles. The van der Waals surface area contributed by atoms with Crippen LogP contribution in [-0.2, 0) is 4.79 Å². The lowest BCUT2D eigenvalue weighted by Gasteiger charge is -2.19. The molecule has 0 radical (unpaired) electrons. The van der Waals surface area contributed by atoms with Crippen LogP contribution in [0.15, 0.2) is 24.3 Å². The van der Waals surface area contributed by atoms with E-state index >= 15 is 0 Å². The van der Waals surface area contributed by atoms with E-state index in [9.17, 15) is 4.79 Å². The number of hydrogen-bond donors (Lipinski definition) is 1. The van der Waals surface area contributed by atoms with Crippen molar-refractivity contribution in [3.63, 3.8) is 0 Å². The topological polar surface area (TPSA) is 58.1 Å². The number of nitrogens with one attached hydrogen (secondary N) is 1. The second-order valence-electron chi connectivity index (χ2n) is 4.15. The molecule has 1 N–H and O–H groups in total. The molecule has 0 saturated carbocycles. The van der Waals surface area contributed by atoms with Gasteiger partial charge in [-0.25, -0.2) is 9.97 Å². The van der Waals surface area contributed by atoms with Crippen molar-refractivity contribution >= 4 is 22.8 Å². The lowest BCUT2D eigenvalue weighted by Crippen LogP contribution is -2.33. The molecule has 1 heterocycles. The molecule has 0 spiro atoms. The maximum atomic E-state index is 11.4. The minimum absolute atomic E-state index is 0.0492. The molecule has 0 fully saturated rings. The van der Waals surface area contributed by atoms with Crippen LogP contribution in [0, 0.1) is 6.92 Å². The van der Waals surface area contributed by atoms with Crippen LogP contribution >= 0.6 is 0 Å². The van der Waals surface area contributed by atoms with E-state index < -0.39 is 0 Å². The molecular formula is C13H16N4O. The highest BCUT2D eigenvalue weighted by atomic mass is 16.1. The zero-order valence-corrected chi connectivity index (χ0v) is 10.8. The minimum Gasteiger partial charge on any atom is -0.358 e. The number of nitrogens with zero attached hydrogens (tertiary/aromatic N) is 3. The van der Waals surface area contributed by atoms with Crippen molar-refractivity contribution in [3.05, 3.63) is 30.0 Å². The number of rotatable bonds is 3. The van der Waals surface area contributed by atoms with Gasteiger partial charge in [0.1, 0.15) is 0 Å². The van der Waals surface area contributed by atoms with Gasteiger partial charge >= 0.3 is 0 Å². The lowest BCUT2D eigenvalue weighted by atomic mass is 10.3. The van der Waals surface area contributed by atoms with E-state index in [1.807, 2.05) is 38.2 Å². The van der Waals surface area contributed by atoms with Gasteiger partial charge in [-0.1, -0.05) is 12.1 Å². The first-order valence-electron chi connectivity index (χ1n) is 5.77. The van der Waals surface area contributed by atoms with Crippen LogP contribution in [0.5, 0.6) is 0 Å². The summed E-state index contributed by atoms with van der Waals surface area (Å²) in [7, 11) is 3.45. The molecule has 0 aliphatic carbocycles. The van der Waals surface area contributed by atoms with E-state index in [1.54, 1.807) is 11.9 Å². The van der Waals surface area contributed by atoms with E-state index in [2.05, 4.69) is 15.3 Å². The summed E-state index contributed by atoms with van der Waals surface area (Å²) in [5.74, 6) is 0.684. The van der Waals surface area contributed by atoms with Crippen LogP contribution in [0.2, 0.25) is 0 Å². The van der Waals surface area contributed by atoms with Crippen molar-refractivity contribution in [2.45, 2.75) is 6.92 Å². The first-order valence-corrected chi connectivity index (χ1v) is 5.77. The van der Waals surface area contributed by atoms with Gasteiger partial charge in [0.25, 0.3) is 0 Å². The predicted octanol–water partition coefficient (Wildman–Crippen LogP) is 1.12. The number of carbonyl (C=O) groups is 1. The number of aromatic nitrogens is 2. The number of para-hydroxylation sites is 2. The van der Waals surface area contributed by atoms with E-state index in [4.69, 9.17) is 0 Å². The lowest BCUT2D eigenvalue weighted by molar-refractivity contribution is -0.119. The Morgan fingerprint density at radius 3 is 2.50 bits per heavy atom. The minimum atomic E-state index is -0.0492. The van der Waals surface area contributed by atoms with Gasteiger partial charge in [0.05, 0.1) is 23.3 Å². The molecule has 94 valence electrons. The predicted molar refractivity (Wildman–Crippen MR) is 71.6 cm³/mol. The molecule has 2 aromatic rings. The van der Waals surface area contributed by atoms with Crippen molar-refractivity contribution in [3.8, 4) is 0 Å². The quantitative estimate of drug-likeness (QED) is 0.879. The van der Waals surface area contributed by atoms with Crippen LogP contribution in [-0.4, -0.2) is 36.5 Å². The number of amides is 1. The SMILES string of the molecule is CNC(=O)CN(C)c1nc2ccccc2nc1C. The molecule has 2 rings (SSSR count). The van der Waals surface area contributed by atoms with E-state index in [0.29, 0.717) is 0 Å². The molecule has 18 heavy (non-hydrogen) atoms. The highest BCUT2D eigenvalue weighted by Gasteiger charge is 2.11. The summed E-state index contributed by atoms with van der Waals surface area (Å²) in [6.07, 6.45) is 0. The van der Waals surface area contributed by atoms with Crippen molar-refractivity contribution in [1.29, 1.82) is 0 Å². The van der Waals surface area contributed by atoms with E-state index in [-0.39, 0.29) is 12.5 Å². The summed E-state index contributed by atoms with van der Waals surface area (Å²) < 4.78 is 0. The van der Waals surface area contributed by atoms with Gasteiger partial charge in [0.15, 0.2) is 5.82 Å². The average molecular weight is 244 g/mol. The highest BCUT2D eigenvalue weighted by molar-refractivity contribution is 5.82. The fraction of sp³-hybridized carbons (Fsp3) is 0.308. The summed E-state index contributed by atoms with van der Waals surface area (Å²) in [4.78, 5) is 22.2. The second-order valence-corrected chi connectivity index (χ2v) is 4.15. The largest absolute Gasteiger partial charge is 0.358 e. The fourth-order valence-corrected chi connectivity index (χ4v) is 1.81. The Morgan fingerprint density at radius 2 is 1.89 bits per heavy atom. The normalized spacial score (nSPS) is 10.4. The summed E-state index contributed by atoms with van der Waals surface area (Å²) in [5.41, 5.74) is 2.52. The Hall–Kier alpha value is -2.17. The maximum Gasteiger partial charge on any atom is 0.239 e. The number of hydrogen-bond acceptors (Lipinski definition) is 4. The molecular weight excluding hydrogens is 228 g/mol. The standard InChI is InChI=1S/C13H16N4O/c1-9-13(17(3)8-12(18)14-2)16-11-7-5-4-6-10(11)15-9/h4-7H,8H2,1-3H3,(H,14,18). The summed E-state index contributed by atoms with van der Waals surface area (Å²) in [5, 5.41) is 2.59. The molecule has 0 bridgehead atoms. The fourth-order valence-electron chi connectivity index (χ4n) is 1.81. The Labute approximate surface area is 106 Å². The summed E-state index contributed by atoms with van der Waals surface area (Å²) >= 11 is 0. The van der Waals surface area contributed by atoms with Gasteiger partial charge in [-0.05, 0) is 19.1 Å².